The number of benzene rings is 1. The fourth-order valence-corrected chi connectivity index (χ4v) is 1.77. The lowest BCUT2D eigenvalue weighted by Gasteiger charge is -2.31. The highest BCUT2D eigenvalue weighted by Crippen LogP contribution is 2.32. The molecule has 74 valence electrons. The summed E-state index contributed by atoms with van der Waals surface area (Å²) in [6, 6.07) is 7.85. The molecule has 2 rings (SSSR count). The molecule has 1 atom stereocenters. The number of nitrogens with one attached hydrogen (secondary N) is 1. The zero-order valence-electron chi connectivity index (χ0n) is 8.08. The maximum absolute atomic E-state index is 11.0. The number of anilines is 1. The lowest BCUT2D eigenvalue weighted by Crippen LogP contribution is -2.40. The van der Waals surface area contributed by atoms with Crippen LogP contribution < -0.4 is 5.32 Å². The summed E-state index contributed by atoms with van der Waals surface area (Å²) in [5.74, 6) is -0.737. The first-order valence-corrected chi connectivity index (χ1v) is 4.67. The molecule has 0 aliphatic carbocycles. The molecule has 0 spiro atoms. The third kappa shape index (κ3) is 1.35. The van der Waals surface area contributed by atoms with Crippen LogP contribution in [0.4, 0.5) is 5.69 Å². The topological polar surface area (TPSA) is 49.3 Å². The van der Waals surface area contributed by atoms with Gasteiger partial charge in [0.05, 0.1) is 5.41 Å². The van der Waals surface area contributed by atoms with Gasteiger partial charge in [-0.25, -0.2) is 0 Å². The monoisotopic (exact) mass is 191 g/mol. The van der Waals surface area contributed by atoms with E-state index < -0.39 is 11.4 Å². The lowest BCUT2D eigenvalue weighted by molar-refractivity contribution is -0.147. The van der Waals surface area contributed by atoms with Crippen LogP contribution in [0.25, 0.3) is 0 Å². The lowest BCUT2D eigenvalue weighted by atomic mass is 9.80. The Labute approximate surface area is 82.8 Å². The molecule has 14 heavy (non-hydrogen) atoms. The normalized spacial score (nSPS) is 24.9. The second kappa shape index (κ2) is 3.01. The fourth-order valence-electron chi connectivity index (χ4n) is 1.77. The molecule has 0 aromatic heterocycles. The Morgan fingerprint density at radius 1 is 1.50 bits per heavy atom. The van der Waals surface area contributed by atoms with Crippen molar-refractivity contribution >= 4 is 11.7 Å². The number of fused-ring (bicyclic) bond motifs is 1. The Hall–Kier alpha value is -1.51. The van der Waals surface area contributed by atoms with Gasteiger partial charge in [-0.2, -0.15) is 0 Å². The molecule has 2 N–H and O–H groups in total. The van der Waals surface area contributed by atoms with Gasteiger partial charge in [0, 0.05) is 12.2 Å². The number of carbonyl (C=O) groups is 1. The zero-order valence-corrected chi connectivity index (χ0v) is 8.08. The van der Waals surface area contributed by atoms with Crippen molar-refractivity contribution in [1.82, 2.24) is 0 Å². The van der Waals surface area contributed by atoms with E-state index in [0.717, 1.165) is 11.3 Å². The molecule has 1 aromatic rings. The van der Waals surface area contributed by atoms with Crippen LogP contribution in [0.2, 0.25) is 0 Å². The molecular weight excluding hydrogens is 178 g/mol. The van der Waals surface area contributed by atoms with Crippen molar-refractivity contribution in [3.63, 3.8) is 0 Å². The van der Waals surface area contributed by atoms with Crippen LogP contribution in [-0.2, 0) is 11.2 Å². The quantitative estimate of drug-likeness (QED) is 0.711. The first-order chi connectivity index (χ1) is 6.62. The van der Waals surface area contributed by atoms with Gasteiger partial charge in [-0.05, 0) is 25.0 Å². The molecule has 1 unspecified atom stereocenters. The highest BCUT2D eigenvalue weighted by Gasteiger charge is 2.36. The Balaban J connectivity index is 2.34. The number of hydrogen-bond acceptors (Lipinski definition) is 2. The van der Waals surface area contributed by atoms with Gasteiger partial charge in [0.2, 0.25) is 0 Å². The number of carboxylic acid groups (broad SMARTS) is 1. The van der Waals surface area contributed by atoms with Crippen LogP contribution >= 0.6 is 0 Å². The molecule has 0 fully saturated rings. The van der Waals surface area contributed by atoms with E-state index in [1.54, 1.807) is 6.92 Å². The summed E-state index contributed by atoms with van der Waals surface area (Å²) in [5.41, 5.74) is 1.48. The summed E-state index contributed by atoms with van der Waals surface area (Å²) in [5, 5.41) is 12.2. The van der Waals surface area contributed by atoms with Crippen LogP contribution in [0.3, 0.4) is 0 Å². The summed E-state index contributed by atoms with van der Waals surface area (Å²) in [6.45, 7) is 2.28. The molecule has 0 saturated carbocycles. The van der Waals surface area contributed by atoms with Gasteiger partial charge >= 0.3 is 5.97 Å². The predicted molar refractivity (Wildman–Crippen MR) is 54.4 cm³/mol. The molecule has 3 nitrogen and oxygen atoms in total. The first-order valence-electron chi connectivity index (χ1n) is 4.67. The van der Waals surface area contributed by atoms with Gasteiger partial charge in [-0.1, -0.05) is 18.2 Å². The van der Waals surface area contributed by atoms with Crippen molar-refractivity contribution in [3.8, 4) is 0 Å². The largest absolute Gasteiger partial charge is 0.481 e. The average molecular weight is 191 g/mol. The van der Waals surface area contributed by atoms with Crippen LogP contribution in [0.5, 0.6) is 0 Å². The van der Waals surface area contributed by atoms with Gasteiger partial charge in [-0.15, -0.1) is 0 Å². The van der Waals surface area contributed by atoms with E-state index in [1.807, 2.05) is 24.3 Å². The molecule has 0 saturated heterocycles. The number of rotatable bonds is 1. The van der Waals surface area contributed by atoms with Crippen LogP contribution in [0.15, 0.2) is 24.3 Å². The van der Waals surface area contributed by atoms with Crippen LogP contribution in [0.1, 0.15) is 12.5 Å². The number of hydrogen-bond donors (Lipinski definition) is 2. The highest BCUT2D eigenvalue weighted by molar-refractivity contribution is 5.77. The van der Waals surface area contributed by atoms with E-state index in [1.165, 1.54) is 0 Å². The standard InChI is InChI=1S/C11H13NO2/c1-11(10(13)14)6-8-4-2-3-5-9(8)12-7-11/h2-5,12H,6-7H2,1H3,(H,13,14). The summed E-state index contributed by atoms with van der Waals surface area (Å²) in [7, 11) is 0. The Kier molecular flexibility index (Phi) is 1.95. The predicted octanol–water partition coefficient (Wildman–Crippen LogP) is 1.75. The minimum absolute atomic E-state index is 0.499. The minimum Gasteiger partial charge on any atom is -0.481 e. The van der Waals surface area contributed by atoms with Gasteiger partial charge in [-0.3, -0.25) is 4.79 Å². The fraction of sp³-hybridized carbons (Fsp3) is 0.364. The molecule has 1 heterocycles. The van der Waals surface area contributed by atoms with Crippen LogP contribution in [-0.4, -0.2) is 17.6 Å². The summed E-state index contributed by atoms with van der Waals surface area (Å²) in [4.78, 5) is 11.0. The summed E-state index contributed by atoms with van der Waals surface area (Å²) >= 11 is 0. The van der Waals surface area contributed by atoms with Crippen molar-refractivity contribution in [3.05, 3.63) is 29.8 Å². The molecular formula is C11H13NO2. The third-order valence-electron chi connectivity index (χ3n) is 2.78. The third-order valence-corrected chi connectivity index (χ3v) is 2.78. The maximum atomic E-state index is 11.0. The van der Waals surface area contributed by atoms with Crippen molar-refractivity contribution in [1.29, 1.82) is 0 Å². The van der Waals surface area contributed by atoms with Crippen molar-refractivity contribution in [2.75, 3.05) is 11.9 Å². The molecule has 1 aliphatic heterocycles. The second-order valence-electron chi connectivity index (χ2n) is 4.05. The summed E-state index contributed by atoms with van der Waals surface area (Å²) in [6.07, 6.45) is 0.603. The van der Waals surface area contributed by atoms with E-state index >= 15 is 0 Å². The SMILES string of the molecule is CC1(C(=O)O)CNc2ccccc2C1. The molecule has 1 aromatic carbocycles. The number of para-hydroxylation sites is 1. The Bertz CT molecular complexity index is 375. The molecule has 0 radical (unpaired) electrons. The van der Waals surface area contributed by atoms with E-state index in [9.17, 15) is 4.79 Å². The average Bonchev–Trinajstić information content (AvgIpc) is 2.17. The molecule has 0 amide bonds. The van der Waals surface area contributed by atoms with Gasteiger partial charge in [0.25, 0.3) is 0 Å². The Morgan fingerprint density at radius 2 is 2.21 bits per heavy atom. The van der Waals surface area contributed by atoms with E-state index in [0.29, 0.717) is 13.0 Å². The van der Waals surface area contributed by atoms with Crippen molar-refractivity contribution < 1.29 is 9.90 Å². The second-order valence-corrected chi connectivity index (χ2v) is 4.05. The van der Waals surface area contributed by atoms with Crippen LogP contribution in [0, 0.1) is 5.41 Å². The van der Waals surface area contributed by atoms with Gasteiger partial charge < -0.3 is 10.4 Å². The minimum atomic E-state index is -0.737. The van der Waals surface area contributed by atoms with Gasteiger partial charge in [0.15, 0.2) is 0 Å². The molecule has 0 bridgehead atoms. The van der Waals surface area contributed by atoms with Gasteiger partial charge in [0.1, 0.15) is 0 Å². The highest BCUT2D eigenvalue weighted by atomic mass is 16.4. The van der Waals surface area contributed by atoms with E-state index in [2.05, 4.69) is 5.32 Å². The number of carboxylic acids is 1. The van der Waals surface area contributed by atoms with E-state index in [4.69, 9.17) is 5.11 Å². The van der Waals surface area contributed by atoms with E-state index in [-0.39, 0.29) is 0 Å². The summed E-state index contributed by atoms with van der Waals surface area (Å²) < 4.78 is 0. The zero-order chi connectivity index (χ0) is 10.2. The van der Waals surface area contributed by atoms with Crippen molar-refractivity contribution in [2.24, 2.45) is 5.41 Å². The molecule has 1 aliphatic rings. The number of aliphatic carboxylic acids is 1. The maximum Gasteiger partial charge on any atom is 0.311 e. The van der Waals surface area contributed by atoms with Crippen molar-refractivity contribution in [2.45, 2.75) is 13.3 Å². The smallest absolute Gasteiger partial charge is 0.311 e. The molecule has 3 heteroatoms. The first kappa shape index (κ1) is 9.06. The Morgan fingerprint density at radius 3 is 2.93 bits per heavy atom.